The fourth-order valence-corrected chi connectivity index (χ4v) is 4.50. The van der Waals surface area contributed by atoms with Crippen molar-refractivity contribution < 1.29 is 10.2 Å². The second-order valence-electron chi connectivity index (χ2n) is 10.7. The number of phenolic OH excluding ortho intramolecular Hbond substituents is 1. The quantitative estimate of drug-likeness (QED) is 0.756. The third kappa shape index (κ3) is 5.46. The van der Waals surface area contributed by atoms with Crippen molar-refractivity contribution in [2.45, 2.75) is 58.4 Å². The standard InChI is InChI=1S/C26H39N3O2/c1-25(2,3)21-17-20(18-22(24(21)31)26(4,5)6)23(19-7-9-27-10-8-19)29-13-11-28(12-14-29)15-16-30/h7-10,17-18,23,30-31H,11-16H2,1-6H3/t23-/m1/s1. The lowest BCUT2D eigenvalue weighted by Crippen LogP contribution is -2.48. The summed E-state index contributed by atoms with van der Waals surface area (Å²) in [5, 5.41) is 20.5. The predicted octanol–water partition coefficient (Wildman–Crippen LogP) is 4.08. The van der Waals surface area contributed by atoms with Crippen LogP contribution in [0.1, 0.15) is 69.8 Å². The first kappa shape index (κ1) is 23.7. The fourth-order valence-electron chi connectivity index (χ4n) is 4.50. The highest BCUT2D eigenvalue weighted by molar-refractivity contribution is 5.51. The van der Waals surface area contributed by atoms with Crippen molar-refractivity contribution >= 4 is 0 Å². The molecule has 1 aliphatic rings. The summed E-state index contributed by atoms with van der Waals surface area (Å²) in [5.74, 6) is 0.421. The zero-order valence-electron chi connectivity index (χ0n) is 20.0. The Kier molecular flexibility index (Phi) is 7.09. The van der Waals surface area contributed by atoms with E-state index in [2.05, 4.69) is 80.6 Å². The Morgan fingerprint density at radius 1 is 0.871 bits per heavy atom. The molecular formula is C26H39N3O2. The first-order chi connectivity index (χ1) is 14.5. The molecule has 0 unspecified atom stereocenters. The van der Waals surface area contributed by atoms with Gasteiger partial charge >= 0.3 is 0 Å². The number of aromatic hydroxyl groups is 1. The molecule has 170 valence electrons. The number of nitrogens with zero attached hydrogens (tertiary/aromatic N) is 3. The number of piperazine rings is 1. The van der Waals surface area contributed by atoms with Gasteiger partial charge < -0.3 is 10.2 Å². The molecule has 1 aliphatic heterocycles. The van der Waals surface area contributed by atoms with Crippen molar-refractivity contribution in [3.8, 4) is 5.75 Å². The summed E-state index contributed by atoms with van der Waals surface area (Å²) < 4.78 is 0. The Labute approximate surface area is 187 Å². The molecule has 5 heteroatoms. The highest BCUT2D eigenvalue weighted by Crippen LogP contribution is 2.42. The molecule has 31 heavy (non-hydrogen) atoms. The SMILES string of the molecule is CC(C)(C)c1cc([C@@H](c2ccncc2)N2CCN(CCO)CC2)cc(C(C)(C)C)c1O. The number of phenols is 1. The van der Waals surface area contributed by atoms with Crippen LogP contribution in [0.5, 0.6) is 5.75 Å². The minimum atomic E-state index is -0.164. The highest BCUT2D eigenvalue weighted by atomic mass is 16.3. The molecule has 2 heterocycles. The molecule has 1 fully saturated rings. The number of aromatic nitrogens is 1. The van der Waals surface area contributed by atoms with E-state index in [1.165, 1.54) is 11.1 Å². The number of pyridine rings is 1. The zero-order chi connectivity index (χ0) is 22.8. The zero-order valence-corrected chi connectivity index (χ0v) is 20.0. The lowest BCUT2D eigenvalue weighted by Gasteiger charge is -2.40. The molecule has 0 radical (unpaired) electrons. The van der Waals surface area contributed by atoms with Gasteiger partial charge in [-0.2, -0.15) is 0 Å². The molecular weight excluding hydrogens is 386 g/mol. The highest BCUT2D eigenvalue weighted by Gasteiger charge is 2.31. The first-order valence-electron chi connectivity index (χ1n) is 11.4. The van der Waals surface area contributed by atoms with Crippen LogP contribution in [0.3, 0.4) is 0 Å². The molecule has 0 saturated carbocycles. The second-order valence-corrected chi connectivity index (χ2v) is 10.7. The van der Waals surface area contributed by atoms with Crippen molar-refractivity contribution in [1.29, 1.82) is 0 Å². The molecule has 5 nitrogen and oxygen atoms in total. The van der Waals surface area contributed by atoms with Gasteiger partial charge in [-0.05, 0) is 57.3 Å². The maximum Gasteiger partial charge on any atom is 0.123 e. The average molecular weight is 426 g/mol. The minimum absolute atomic E-state index is 0.0991. The third-order valence-electron chi connectivity index (χ3n) is 6.27. The van der Waals surface area contributed by atoms with E-state index >= 15 is 0 Å². The Morgan fingerprint density at radius 3 is 1.84 bits per heavy atom. The summed E-state index contributed by atoms with van der Waals surface area (Å²) in [7, 11) is 0. The van der Waals surface area contributed by atoms with Crippen LogP contribution in [0.2, 0.25) is 0 Å². The number of hydrogen-bond donors (Lipinski definition) is 2. The van der Waals surface area contributed by atoms with Gasteiger partial charge in [-0.15, -0.1) is 0 Å². The van der Waals surface area contributed by atoms with Crippen LogP contribution in [0.4, 0.5) is 0 Å². The van der Waals surface area contributed by atoms with Crippen molar-refractivity contribution in [2.75, 3.05) is 39.3 Å². The summed E-state index contributed by atoms with van der Waals surface area (Å²) in [4.78, 5) is 9.08. The van der Waals surface area contributed by atoms with Crippen LogP contribution < -0.4 is 0 Å². The number of benzene rings is 1. The van der Waals surface area contributed by atoms with Gasteiger partial charge in [-0.25, -0.2) is 0 Å². The fraction of sp³-hybridized carbons (Fsp3) is 0.577. The van der Waals surface area contributed by atoms with Crippen molar-refractivity contribution in [1.82, 2.24) is 14.8 Å². The number of aliphatic hydroxyl groups is 1. The van der Waals surface area contributed by atoms with E-state index in [1.807, 2.05) is 12.4 Å². The Hall–Kier alpha value is -1.95. The average Bonchev–Trinajstić information content (AvgIpc) is 2.70. The topological polar surface area (TPSA) is 59.8 Å². The van der Waals surface area contributed by atoms with E-state index in [0.29, 0.717) is 5.75 Å². The molecule has 0 bridgehead atoms. The number of hydrogen-bond acceptors (Lipinski definition) is 5. The number of aliphatic hydroxyl groups excluding tert-OH is 1. The second kappa shape index (κ2) is 9.27. The van der Waals surface area contributed by atoms with Gasteiger partial charge in [-0.1, -0.05) is 41.5 Å². The lowest BCUT2D eigenvalue weighted by atomic mass is 9.77. The molecule has 3 rings (SSSR count). The lowest BCUT2D eigenvalue weighted by molar-refractivity contribution is 0.0943. The smallest absolute Gasteiger partial charge is 0.123 e. The minimum Gasteiger partial charge on any atom is -0.507 e. The van der Waals surface area contributed by atoms with Crippen LogP contribution in [-0.4, -0.2) is 64.3 Å². The van der Waals surface area contributed by atoms with Gasteiger partial charge in [0.25, 0.3) is 0 Å². The van der Waals surface area contributed by atoms with Crippen LogP contribution in [0.15, 0.2) is 36.7 Å². The van der Waals surface area contributed by atoms with E-state index in [-0.39, 0.29) is 23.5 Å². The van der Waals surface area contributed by atoms with E-state index in [9.17, 15) is 10.2 Å². The van der Waals surface area contributed by atoms with E-state index in [0.717, 1.165) is 43.9 Å². The van der Waals surface area contributed by atoms with Crippen LogP contribution in [0, 0.1) is 0 Å². The molecule has 0 aliphatic carbocycles. The number of rotatable bonds is 5. The first-order valence-corrected chi connectivity index (χ1v) is 11.4. The molecule has 1 saturated heterocycles. The third-order valence-corrected chi connectivity index (χ3v) is 6.27. The van der Waals surface area contributed by atoms with Gasteiger partial charge in [0.15, 0.2) is 0 Å². The van der Waals surface area contributed by atoms with E-state index < -0.39 is 0 Å². The summed E-state index contributed by atoms with van der Waals surface area (Å²) >= 11 is 0. The van der Waals surface area contributed by atoms with Gasteiger partial charge in [0.2, 0.25) is 0 Å². The number of β-amino-alcohol motifs (C(OH)–C–C–N with tert-alkyl or cyclic N) is 1. The Balaban J connectivity index is 2.11. The van der Waals surface area contributed by atoms with Gasteiger partial charge in [0.1, 0.15) is 5.75 Å². The van der Waals surface area contributed by atoms with E-state index in [4.69, 9.17) is 0 Å². The molecule has 1 aromatic heterocycles. The molecule has 2 N–H and O–H groups in total. The van der Waals surface area contributed by atoms with Gasteiger partial charge in [0.05, 0.1) is 12.6 Å². The van der Waals surface area contributed by atoms with Crippen LogP contribution in [-0.2, 0) is 10.8 Å². The Bertz CT molecular complexity index is 825. The van der Waals surface area contributed by atoms with Crippen molar-refractivity contribution in [3.05, 3.63) is 58.9 Å². The maximum atomic E-state index is 11.2. The van der Waals surface area contributed by atoms with Gasteiger partial charge in [-0.3, -0.25) is 14.8 Å². The molecule has 0 spiro atoms. The summed E-state index contributed by atoms with van der Waals surface area (Å²) in [6.07, 6.45) is 3.72. The van der Waals surface area contributed by atoms with Gasteiger partial charge in [0, 0.05) is 45.1 Å². The molecule has 1 aromatic carbocycles. The van der Waals surface area contributed by atoms with Crippen LogP contribution >= 0.6 is 0 Å². The largest absolute Gasteiger partial charge is 0.507 e. The monoisotopic (exact) mass is 425 g/mol. The normalized spacial score (nSPS) is 17.6. The Morgan fingerprint density at radius 2 is 1.39 bits per heavy atom. The van der Waals surface area contributed by atoms with Crippen LogP contribution in [0.25, 0.3) is 0 Å². The van der Waals surface area contributed by atoms with Crippen molar-refractivity contribution in [2.24, 2.45) is 0 Å². The predicted molar refractivity (Wildman–Crippen MR) is 127 cm³/mol. The summed E-state index contributed by atoms with van der Waals surface area (Å²) in [5.41, 5.74) is 4.09. The van der Waals surface area contributed by atoms with E-state index in [1.54, 1.807) is 0 Å². The molecule has 0 amide bonds. The van der Waals surface area contributed by atoms with Crippen molar-refractivity contribution in [3.63, 3.8) is 0 Å². The molecule has 2 aromatic rings. The summed E-state index contributed by atoms with van der Waals surface area (Å²) in [6, 6.07) is 8.71. The summed E-state index contributed by atoms with van der Waals surface area (Å²) in [6.45, 7) is 17.7. The maximum absolute atomic E-state index is 11.2. The molecule has 1 atom stereocenters.